The highest BCUT2D eigenvalue weighted by Crippen LogP contribution is 2.78. The monoisotopic (exact) mass is 607 g/mol. The summed E-state index contributed by atoms with van der Waals surface area (Å²) in [5.41, 5.74) is 1.51. The zero-order valence-electron chi connectivity index (χ0n) is 26.9. The van der Waals surface area contributed by atoms with Crippen LogP contribution < -0.4 is 0 Å². The molecule has 3 N–H and O–H groups in total. The molecule has 1 saturated heterocycles. The molecule has 5 nitrogen and oxygen atoms in total. The molecule has 5 heteroatoms. The molecule has 238 valence electrons. The molecule has 2 aromatic rings. The number of hydrogen-bond donors (Lipinski definition) is 3. The number of ketones is 1. The summed E-state index contributed by atoms with van der Waals surface area (Å²) in [5, 5.41) is 33.9. The van der Waals surface area contributed by atoms with Gasteiger partial charge in [0, 0.05) is 40.0 Å². The molecule has 1 aliphatic heterocycles. The first-order valence-corrected chi connectivity index (χ1v) is 17.5. The SMILES string of the molecule is C[C@]12CC[C@H]3[C@]4(C=C[C@@]5(C=C4C(=O)c4ccccc4-c4ccccc4)CC(O)CC[C@]35C)[C@@H]1CC[C@@]2(O)CN1CCC[C@H]1CO. The Kier molecular flexibility index (Phi) is 6.76. The summed E-state index contributed by atoms with van der Waals surface area (Å²) in [5.74, 6) is 0.499. The van der Waals surface area contributed by atoms with Gasteiger partial charge in [-0.25, -0.2) is 0 Å². The average molecular weight is 608 g/mol. The van der Waals surface area contributed by atoms with E-state index >= 15 is 4.79 Å². The Morgan fingerprint density at radius 1 is 0.889 bits per heavy atom. The van der Waals surface area contributed by atoms with Crippen LogP contribution in [0.1, 0.15) is 82.0 Å². The van der Waals surface area contributed by atoms with E-state index < -0.39 is 11.0 Å². The lowest BCUT2D eigenvalue weighted by atomic mass is 9.32. The van der Waals surface area contributed by atoms with Gasteiger partial charge in [0.05, 0.1) is 18.3 Å². The minimum Gasteiger partial charge on any atom is -0.395 e. The van der Waals surface area contributed by atoms with Gasteiger partial charge in [-0.3, -0.25) is 9.69 Å². The smallest absolute Gasteiger partial charge is 0.190 e. The third-order valence-corrected chi connectivity index (χ3v) is 14.4. The van der Waals surface area contributed by atoms with Gasteiger partial charge >= 0.3 is 0 Å². The third-order valence-electron chi connectivity index (χ3n) is 14.4. The Hall–Kier alpha value is -2.57. The second kappa shape index (κ2) is 10.2. The maximum absolute atomic E-state index is 15.2. The van der Waals surface area contributed by atoms with E-state index in [1.54, 1.807) is 0 Å². The Bertz CT molecular complexity index is 1570. The Morgan fingerprint density at radius 2 is 1.60 bits per heavy atom. The fourth-order valence-corrected chi connectivity index (χ4v) is 11.9. The van der Waals surface area contributed by atoms with Gasteiger partial charge in [-0.1, -0.05) is 86.7 Å². The number of likely N-dealkylation sites (tertiary alicyclic amines) is 1. The number of fused-ring (bicyclic) bond motifs is 1. The van der Waals surface area contributed by atoms with E-state index in [4.69, 9.17) is 0 Å². The van der Waals surface area contributed by atoms with Crippen molar-refractivity contribution in [1.82, 2.24) is 4.90 Å². The fraction of sp³-hybridized carbons (Fsp3) is 0.575. The number of β-amino-alcohol motifs (C(OH)–C–C–N with tert-alkyl or cyclic N) is 1. The molecule has 9 atom stereocenters. The van der Waals surface area contributed by atoms with Gasteiger partial charge in [-0.2, -0.15) is 0 Å². The molecule has 9 rings (SSSR count). The van der Waals surface area contributed by atoms with E-state index in [1.807, 2.05) is 36.4 Å². The maximum Gasteiger partial charge on any atom is 0.190 e. The van der Waals surface area contributed by atoms with E-state index in [-0.39, 0.29) is 52.6 Å². The van der Waals surface area contributed by atoms with Crippen LogP contribution in [0, 0.1) is 33.5 Å². The predicted octanol–water partition coefficient (Wildman–Crippen LogP) is 6.58. The van der Waals surface area contributed by atoms with Crippen LogP contribution in [0.15, 0.2) is 78.4 Å². The zero-order chi connectivity index (χ0) is 31.2. The lowest BCUT2D eigenvalue weighted by Gasteiger charge is -2.71. The number of hydrogen-bond acceptors (Lipinski definition) is 5. The summed E-state index contributed by atoms with van der Waals surface area (Å²) in [4.78, 5) is 17.6. The zero-order valence-corrected chi connectivity index (χ0v) is 26.9. The van der Waals surface area contributed by atoms with Crippen LogP contribution in [0.5, 0.6) is 0 Å². The summed E-state index contributed by atoms with van der Waals surface area (Å²) < 4.78 is 0. The van der Waals surface area contributed by atoms with Crippen molar-refractivity contribution >= 4 is 5.78 Å². The number of aliphatic hydroxyl groups excluding tert-OH is 2. The number of allylic oxidation sites excluding steroid dienone is 4. The van der Waals surface area contributed by atoms with Crippen LogP contribution in [-0.2, 0) is 0 Å². The number of nitrogens with zero attached hydrogens (tertiary/aromatic N) is 1. The van der Waals surface area contributed by atoms with Gasteiger partial charge in [0.1, 0.15) is 0 Å². The molecular formula is C40H49NO4. The van der Waals surface area contributed by atoms with Crippen LogP contribution >= 0.6 is 0 Å². The summed E-state index contributed by atoms with van der Waals surface area (Å²) in [6, 6.07) is 18.4. The number of Topliss-reactive ketones (excluding diaryl/α,β-unsaturated/α-hetero) is 1. The standard InChI is InChI=1S/C40H49NO4/c1-36-17-14-29(43)23-38(36)20-21-40(32(24-38)35(44)31-13-7-6-12-30(31)27-9-4-3-5-10-27)33(36)15-18-37(2)34(40)16-19-39(37,45)26-41-22-8-11-28(41)25-42/h3-7,9-10,12-13,20-21,24,28-29,33-34,42-43,45H,8,11,14-19,22-23,25-26H2,1-2H3/t28-,29?,33+,34+,36+,37-,38-,39+,40+/m0/s1. The van der Waals surface area contributed by atoms with Crippen LogP contribution in [0.4, 0.5) is 0 Å². The highest BCUT2D eigenvalue weighted by atomic mass is 16.3. The minimum absolute atomic E-state index is 0.0529. The summed E-state index contributed by atoms with van der Waals surface area (Å²) in [6.07, 6.45) is 14.7. The van der Waals surface area contributed by atoms with Gasteiger partial charge < -0.3 is 15.3 Å². The van der Waals surface area contributed by atoms with Crippen molar-refractivity contribution in [2.45, 2.75) is 89.4 Å². The molecule has 0 amide bonds. The molecule has 6 aliphatic carbocycles. The summed E-state index contributed by atoms with van der Waals surface area (Å²) in [7, 11) is 0. The van der Waals surface area contributed by atoms with Crippen molar-refractivity contribution < 1.29 is 20.1 Å². The van der Waals surface area contributed by atoms with Crippen LogP contribution in [0.2, 0.25) is 0 Å². The normalized spacial score (nSPS) is 43.4. The fourth-order valence-electron chi connectivity index (χ4n) is 11.9. The topological polar surface area (TPSA) is 81.0 Å². The average Bonchev–Trinajstić information content (AvgIpc) is 3.61. The van der Waals surface area contributed by atoms with E-state index in [2.05, 4.69) is 55.2 Å². The molecule has 0 radical (unpaired) electrons. The minimum atomic E-state index is -0.880. The molecule has 3 saturated carbocycles. The van der Waals surface area contributed by atoms with Crippen molar-refractivity contribution in [3.05, 3.63) is 84.0 Å². The van der Waals surface area contributed by atoms with Crippen molar-refractivity contribution in [2.24, 2.45) is 33.5 Å². The molecule has 1 unspecified atom stereocenters. The lowest BCUT2D eigenvalue weighted by molar-refractivity contribution is -0.177. The molecule has 45 heavy (non-hydrogen) atoms. The second-order valence-electron chi connectivity index (χ2n) is 16.0. The molecule has 0 aromatic heterocycles. The largest absolute Gasteiger partial charge is 0.395 e. The Balaban J connectivity index is 1.27. The van der Waals surface area contributed by atoms with E-state index in [9.17, 15) is 15.3 Å². The highest BCUT2D eigenvalue weighted by molar-refractivity contribution is 6.14. The molecule has 2 bridgehead atoms. The van der Waals surface area contributed by atoms with Crippen LogP contribution in [-0.4, -0.2) is 63.4 Å². The van der Waals surface area contributed by atoms with E-state index in [0.29, 0.717) is 19.4 Å². The predicted molar refractivity (Wildman–Crippen MR) is 176 cm³/mol. The molecule has 4 fully saturated rings. The maximum atomic E-state index is 15.2. The van der Waals surface area contributed by atoms with Crippen LogP contribution in [0.3, 0.4) is 0 Å². The van der Waals surface area contributed by atoms with E-state index in [1.165, 1.54) is 0 Å². The van der Waals surface area contributed by atoms with Crippen molar-refractivity contribution in [2.75, 3.05) is 19.7 Å². The van der Waals surface area contributed by atoms with Gasteiger partial charge in [0.25, 0.3) is 0 Å². The first kappa shape index (κ1) is 29.8. The van der Waals surface area contributed by atoms with Crippen molar-refractivity contribution in [3.63, 3.8) is 0 Å². The third kappa shape index (κ3) is 3.91. The highest BCUT2D eigenvalue weighted by Gasteiger charge is 2.74. The molecule has 7 aliphatic rings. The van der Waals surface area contributed by atoms with Crippen molar-refractivity contribution in [3.8, 4) is 11.1 Å². The number of benzene rings is 2. The number of carbonyl (C=O) groups is 1. The lowest BCUT2D eigenvalue weighted by Crippen LogP contribution is -2.67. The molecule has 2 spiro atoms. The van der Waals surface area contributed by atoms with Crippen LogP contribution in [0.25, 0.3) is 11.1 Å². The molecule has 1 heterocycles. The second-order valence-corrected chi connectivity index (χ2v) is 16.0. The first-order chi connectivity index (χ1) is 21.6. The number of carbonyl (C=O) groups excluding carboxylic acids is 1. The van der Waals surface area contributed by atoms with Crippen molar-refractivity contribution in [1.29, 1.82) is 0 Å². The molecule has 2 aromatic carbocycles. The first-order valence-electron chi connectivity index (χ1n) is 17.5. The quantitative estimate of drug-likeness (QED) is 0.255. The van der Waals surface area contributed by atoms with Gasteiger partial charge in [0.15, 0.2) is 5.78 Å². The summed E-state index contributed by atoms with van der Waals surface area (Å²) >= 11 is 0. The van der Waals surface area contributed by atoms with Gasteiger partial charge in [0.2, 0.25) is 0 Å². The summed E-state index contributed by atoms with van der Waals surface area (Å²) in [6.45, 7) is 6.41. The number of aliphatic hydroxyl groups is 3. The molecular weight excluding hydrogens is 558 g/mol. The van der Waals surface area contributed by atoms with Gasteiger partial charge in [-0.15, -0.1) is 0 Å². The van der Waals surface area contributed by atoms with E-state index in [0.717, 1.165) is 73.8 Å². The number of rotatable bonds is 6. The van der Waals surface area contributed by atoms with Gasteiger partial charge in [-0.05, 0) is 92.7 Å². The Morgan fingerprint density at radius 3 is 2.40 bits per heavy atom. The Labute approximate surface area is 268 Å².